The zero-order valence-corrected chi connectivity index (χ0v) is 17.0. The first-order valence-electron chi connectivity index (χ1n) is 9.32. The van der Waals surface area contributed by atoms with Gasteiger partial charge >= 0.3 is 0 Å². The normalized spacial score (nSPS) is 11.7. The summed E-state index contributed by atoms with van der Waals surface area (Å²) in [7, 11) is 3.16. The number of aromatic nitrogens is 2. The van der Waals surface area contributed by atoms with Gasteiger partial charge in [0.15, 0.2) is 5.75 Å². The first-order valence-corrected chi connectivity index (χ1v) is 9.32. The number of rotatable bonds is 8. The molecule has 0 saturated heterocycles. The molecule has 7 heteroatoms. The third kappa shape index (κ3) is 5.57. The largest absolute Gasteiger partial charge is 0.497 e. The maximum absolute atomic E-state index is 12.4. The number of carbonyl (C=O) groups excluding carboxylic acids is 1. The van der Waals surface area contributed by atoms with E-state index in [-0.39, 0.29) is 11.9 Å². The van der Waals surface area contributed by atoms with Gasteiger partial charge < -0.3 is 19.5 Å². The van der Waals surface area contributed by atoms with Crippen molar-refractivity contribution in [3.8, 4) is 23.0 Å². The van der Waals surface area contributed by atoms with Crippen LogP contribution in [0.2, 0.25) is 0 Å². The Morgan fingerprint density at radius 2 is 1.80 bits per heavy atom. The van der Waals surface area contributed by atoms with E-state index in [0.717, 1.165) is 11.1 Å². The summed E-state index contributed by atoms with van der Waals surface area (Å²) in [5.74, 6) is 2.28. The lowest BCUT2D eigenvalue weighted by Crippen LogP contribution is -2.24. The van der Waals surface area contributed by atoms with Crippen LogP contribution >= 0.6 is 0 Å². The minimum Gasteiger partial charge on any atom is -0.497 e. The molecular weight excluding hydrogens is 382 g/mol. The lowest BCUT2D eigenvalue weighted by molar-refractivity contribution is -0.117. The van der Waals surface area contributed by atoms with Crippen LogP contribution in [0.5, 0.6) is 23.0 Å². The van der Waals surface area contributed by atoms with Crippen molar-refractivity contribution in [2.45, 2.75) is 13.0 Å². The lowest BCUT2D eigenvalue weighted by Gasteiger charge is -2.14. The van der Waals surface area contributed by atoms with Crippen LogP contribution in [0.4, 0.5) is 0 Å². The molecule has 7 nitrogen and oxygen atoms in total. The minimum atomic E-state index is -0.219. The number of methoxy groups -OCH3 is 2. The first-order chi connectivity index (χ1) is 14.6. The summed E-state index contributed by atoms with van der Waals surface area (Å²) in [6, 6.07) is 12.7. The summed E-state index contributed by atoms with van der Waals surface area (Å²) < 4.78 is 16.3. The van der Waals surface area contributed by atoms with Crippen LogP contribution in [-0.2, 0) is 4.79 Å². The second-order valence-corrected chi connectivity index (χ2v) is 6.42. The fourth-order valence-electron chi connectivity index (χ4n) is 2.79. The highest BCUT2D eigenvalue weighted by Crippen LogP contribution is 2.26. The molecule has 1 N–H and O–H groups in total. The average Bonchev–Trinajstić information content (AvgIpc) is 2.78. The Hall–Kier alpha value is -3.87. The molecule has 0 aliphatic heterocycles. The second-order valence-electron chi connectivity index (χ2n) is 6.42. The Bertz CT molecular complexity index is 1020. The molecule has 0 radical (unpaired) electrons. The van der Waals surface area contributed by atoms with E-state index in [1.807, 2.05) is 43.3 Å². The van der Waals surface area contributed by atoms with Crippen LogP contribution in [0.15, 0.2) is 67.3 Å². The van der Waals surface area contributed by atoms with Crippen molar-refractivity contribution < 1.29 is 19.0 Å². The zero-order chi connectivity index (χ0) is 21.3. The third-order valence-corrected chi connectivity index (χ3v) is 4.34. The number of benzene rings is 2. The molecular formula is C23H23N3O4. The zero-order valence-electron chi connectivity index (χ0n) is 17.0. The summed E-state index contributed by atoms with van der Waals surface area (Å²) >= 11 is 0. The van der Waals surface area contributed by atoms with Crippen molar-refractivity contribution >= 4 is 12.0 Å². The van der Waals surface area contributed by atoms with Crippen molar-refractivity contribution in [1.82, 2.24) is 15.3 Å². The molecule has 30 heavy (non-hydrogen) atoms. The topological polar surface area (TPSA) is 82.6 Å². The molecule has 3 aromatic rings. The fourth-order valence-corrected chi connectivity index (χ4v) is 2.79. The van der Waals surface area contributed by atoms with Crippen LogP contribution in [0.25, 0.3) is 6.08 Å². The Balaban J connectivity index is 1.64. The molecule has 0 bridgehead atoms. The summed E-state index contributed by atoms with van der Waals surface area (Å²) in [5, 5.41) is 2.95. The molecule has 0 spiro atoms. The molecule has 0 aliphatic carbocycles. The number of nitrogens with one attached hydrogen (secondary N) is 1. The van der Waals surface area contributed by atoms with Crippen molar-refractivity contribution in [3.63, 3.8) is 0 Å². The van der Waals surface area contributed by atoms with Crippen molar-refractivity contribution in [2.75, 3.05) is 14.2 Å². The second kappa shape index (κ2) is 10.1. The van der Waals surface area contributed by atoms with Crippen LogP contribution in [0.1, 0.15) is 24.1 Å². The Morgan fingerprint density at radius 1 is 1.00 bits per heavy atom. The van der Waals surface area contributed by atoms with E-state index in [2.05, 4.69) is 15.3 Å². The molecule has 2 aromatic carbocycles. The molecule has 1 heterocycles. The summed E-state index contributed by atoms with van der Waals surface area (Å²) in [6.45, 7) is 1.91. The summed E-state index contributed by atoms with van der Waals surface area (Å²) in [6.07, 6.45) is 7.79. The summed E-state index contributed by atoms with van der Waals surface area (Å²) in [5.41, 5.74) is 1.69. The van der Waals surface area contributed by atoms with Crippen LogP contribution in [0, 0.1) is 0 Å². The SMILES string of the molecule is COc1ccc(C=CC(=O)N[C@@H](C)c2cccc(Oc3cncnc3)c2)c(OC)c1. The number of ether oxygens (including phenoxy) is 3. The molecule has 1 amide bonds. The van der Waals surface area contributed by atoms with E-state index >= 15 is 0 Å². The van der Waals surface area contributed by atoms with E-state index in [9.17, 15) is 4.79 Å². The van der Waals surface area contributed by atoms with Gasteiger partial charge in [-0.25, -0.2) is 9.97 Å². The van der Waals surface area contributed by atoms with Gasteiger partial charge in [0.05, 0.1) is 32.7 Å². The third-order valence-electron chi connectivity index (χ3n) is 4.34. The van der Waals surface area contributed by atoms with E-state index in [1.54, 1.807) is 38.8 Å². The molecule has 0 fully saturated rings. The van der Waals surface area contributed by atoms with Crippen LogP contribution in [0.3, 0.4) is 0 Å². The molecule has 3 rings (SSSR count). The van der Waals surface area contributed by atoms with Crippen molar-refractivity contribution in [1.29, 1.82) is 0 Å². The number of carbonyl (C=O) groups is 1. The Labute approximate surface area is 175 Å². The van der Waals surface area contributed by atoms with Gasteiger partial charge in [0, 0.05) is 17.7 Å². The van der Waals surface area contributed by atoms with Gasteiger partial charge in [-0.2, -0.15) is 0 Å². The van der Waals surface area contributed by atoms with Gasteiger partial charge in [0.2, 0.25) is 5.91 Å². The molecule has 0 saturated carbocycles. The van der Waals surface area contributed by atoms with Crippen molar-refractivity contribution in [3.05, 3.63) is 78.4 Å². The maximum Gasteiger partial charge on any atom is 0.244 e. The summed E-state index contributed by atoms with van der Waals surface area (Å²) in [4.78, 5) is 20.2. The standard InChI is InChI=1S/C23H23N3O4/c1-16(18-5-4-6-20(11-18)30-21-13-24-15-25-14-21)26-23(27)10-8-17-7-9-19(28-2)12-22(17)29-3/h4-16H,1-3H3,(H,26,27)/t16-/m0/s1. The highest BCUT2D eigenvalue weighted by Gasteiger charge is 2.10. The maximum atomic E-state index is 12.4. The van der Waals surface area contributed by atoms with Crippen LogP contribution < -0.4 is 19.5 Å². The number of nitrogens with zero attached hydrogens (tertiary/aromatic N) is 2. The predicted molar refractivity (Wildman–Crippen MR) is 114 cm³/mol. The van der Waals surface area contributed by atoms with Gasteiger partial charge in [-0.15, -0.1) is 0 Å². The van der Waals surface area contributed by atoms with E-state index in [0.29, 0.717) is 23.0 Å². The average molecular weight is 405 g/mol. The number of hydrogen-bond donors (Lipinski definition) is 1. The van der Waals surface area contributed by atoms with Gasteiger partial charge in [0.25, 0.3) is 0 Å². The molecule has 154 valence electrons. The Morgan fingerprint density at radius 3 is 2.53 bits per heavy atom. The number of hydrogen-bond acceptors (Lipinski definition) is 6. The highest BCUT2D eigenvalue weighted by molar-refractivity contribution is 5.92. The van der Waals surface area contributed by atoms with Gasteiger partial charge in [-0.05, 0) is 42.8 Å². The fraction of sp³-hybridized carbons (Fsp3) is 0.174. The quantitative estimate of drug-likeness (QED) is 0.566. The molecule has 0 unspecified atom stereocenters. The van der Waals surface area contributed by atoms with Crippen molar-refractivity contribution in [2.24, 2.45) is 0 Å². The highest BCUT2D eigenvalue weighted by atomic mass is 16.5. The van der Waals surface area contributed by atoms with Gasteiger partial charge in [-0.1, -0.05) is 12.1 Å². The first kappa shape index (κ1) is 20.9. The number of amides is 1. The molecule has 1 aromatic heterocycles. The van der Waals surface area contributed by atoms with E-state index < -0.39 is 0 Å². The van der Waals surface area contributed by atoms with Crippen LogP contribution in [-0.4, -0.2) is 30.1 Å². The minimum absolute atomic E-state index is 0.213. The van der Waals surface area contributed by atoms with Gasteiger partial charge in [0.1, 0.15) is 23.6 Å². The predicted octanol–water partition coefficient (Wildman–Crippen LogP) is 4.18. The Kier molecular flexibility index (Phi) is 7.00. The smallest absolute Gasteiger partial charge is 0.244 e. The van der Waals surface area contributed by atoms with E-state index in [4.69, 9.17) is 14.2 Å². The monoisotopic (exact) mass is 405 g/mol. The molecule has 1 atom stereocenters. The lowest BCUT2D eigenvalue weighted by atomic mass is 10.1. The molecule has 0 aliphatic rings. The van der Waals surface area contributed by atoms with E-state index in [1.165, 1.54) is 12.4 Å². The van der Waals surface area contributed by atoms with Gasteiger partial charge in [-0.3, -0.25) is 4.79 Å².